The molecule has 0 aliphatic rings. The first kappa shape index (κ1) is 26.0. The number of nitriles is 2. The molecule has 0 heterocycles. The van der Waals surface area contributed by atoms with Gasteiger partial charge in [-0.25, -0.2) is 9.00 Å². The van der Waals surface area contributed by atoms with Crippen molar-refractivity contribution < 1.29 is 14.1 Å². The van der Waals surface area contributed by atoms with Gasteiger partial charge in [-0.1, -0.05) is 27.7 Å². The van der Waals surface area contributed by atoms with Crippen molar-refractivity contribution in [1.82, 2.24) is 4.72 Å². The average Bonchev–Trinajstić information content (AvgIpc) is 2.71. The molecule has 33 heavy (non-hydrogen) atoms. The maximum atomic E-state index is 13.3. The summed E-state index contributed by atoms with van der Waals surface area (Å²) in [7, 11) is -3.94. The standard InChI is InChI=1S/C24H31N5O3S/c1-14(2)20-9-17(13-26)10-21(15(3)4)22(20)28-23(30)29-33(27,32)19-8-16(12-25)7-18(11-19)24(5,6)31/h7-11,14-15,31,33H,1-6H3,(H4,27,28,29,30,32). The molecule has 8 nitrogen and oxygen atoms in total. The summed E-state index contributed by atoms with van der Waals surface area (Å²) in [6, 6.07) is 11.0. The van der Waals surface area contributed by atoms with Gasteiger partial charge in [0.15, 0.2) is 0 Å². The van der Waals surface area contributed by atoms with Crippen molar-refractivity contribution in [3.63, 3.8) is 0 Å². The lowest BCUT2D eigenvalue weighted by molar-refractivity contribution is 0.0783. The molecule has 176 valence electrons. The van der Waals surface area contributed by atoms with E-state index in [2.05, 4.69) is 16.1 Å². The summed E-state index contributed by atoms with van der Waals surface area (Å²) >= 11 is 0. The lowest BCUT2D eigenvalue weighted by atomic mass is 9.90. The van der Waals surface area contributed by atoms with Gasteiger partial charge in [-0.15, -0.1) is 0 Å². The zero-order valence-electron chi connectivity index (χ0n) is 19.7. The quantitative estimate of drug-likeness (QED) is 0.406. The van der Waals surface area contributed by atoms with Crippen molar-refractivity contribution >= 4 is 22.0 Å². The highest BCUT2D eigenvalue weighted by molar-refractivity contribution is 7.99. The van der Waals surface area contributed by atoms with E-state index in [-0.39, 0.29) is 22.3 Å². The van der Waals surface area contributed by atoms with Crippen LogP contribution in [0.5, 0.6) is 0 Å². The summed E-state index contributed by atoms with van der Waals surface area (Å²) in [5, 5.41) is 37.8. The molecule has 0 aromatic heterocycles. The Balaban J connectivity index is 2.46. The van der Waals surface area contributed by atoms with Crippen molar-refractivity contribution in [2.24, 2.45) is 5.14 Å². The van der Waals surface area contributed by atoms with Crippen LogP contribution in [0.3, 0.4) is 0 Å². The summed E-state index contributed by atoms with van der Waals surface area (Å²) in [6.07, 6.45) is 0. The molecular formula is C24H31N5O3S. The van der Waals surface area contributed by atoms with E-state index in [9.17, 15) is 24.6 Å². The van der Waals surface area contributed by atoms with E-state index in [1.807, 2.05) is 33.8 Å². The number of rotatable bonds is 6. The Kier molecular flexibility index (Phi) is 7.66. The van der Waals surface area contributed by atoms with Crippen LogP contribution in [0.2, 0.25) is 0 Å². The number of hydrogen-bond acceptors (Lipinski definition) is 5. The van der Waals surface area contributed by atoms with E-state index in [1.165, 1.54) is 32.0 Å². The van der Waals surface area contributed by atoms with Crippen molar-refractivity contribution in [3.05, 3.63) is 58.1 Å². The molecule has 0 fully saturated rings. The van der Waals surface area contributed by atoms with Crippen LogP contribution in [-0.4, -0.2) is 15.3 Å². The molecule has 0 aliphatic carbocycles. The van der Waals surface area contributed by atoms with Gasteiger partial charge in [0.1, 0.15) is 0 Å². The molecule has 0 atom stereocenters. The first-order valence-electron chi connectivity index (χ1n) is 10.5. The molecule has 2 aromatic rings. The number of amides is 2. The van der Waals surface area contributed by atoms with E-state index < -0.39 is 21.9 Å². The number of benzene rings is 2. The van der Waals surface area contributed by atoms with Gasteiger partial charge in [0.2, 0.25) is 0 Å². The molecule has 9 heteroatoms. The summed E-state index contributed by atoms with van der Waals surface area (Å²) in [6.45, 7) is 10.8. The molecule has 0 radical (unpaired) electrons. The Morgan fingerprint density at radius 2 is 1.48 bits per heavy atom. The van der Waals surface area contributed by atoms with Gasteiger partial charge in [-0.05, 0) is 72.7 Å². The zero-order valence-corrected chi connectivity index (χ0v) is 20.6. The van der Waals surface area contributed by atoms with Gasteiger partial charge in [0.05, 0.1) is 28.9 Å². The Morgan fingerprint density at radius 3 is 1.91 bits per heavy atom. The monoisotopic (exact) mass is 469 g/mol. The minimum Gasteiger partial charge on any atom is -0.386 e. The normalized spacial score (nSPS) is 12.2. The molecule has 0 saturated carbocycles. The Hall–Kier alpha value is -3.24. The molecular weight excluding hydrogens is 438 g/mol. The third-order valence-electron chi connectivity index (χ3n) is 5.22. The van der Waals surface area contributed by atoms with Crippen LogP contribution in [0.4, 0.5) is 10.5 Å². The molecule has 0 aliphatic heterocycles. The van der Waals surface area contributed by atoms with Crippen molar-refractivity contribution in [1.29, 1.82) is 10.5 Å². The van der Waals surface area contributed by atoms with Crippen LogP contribution in [0.1, 0.15) is 81.2 Å². The first-order chi connectivity index (χ1) is 15.2. The number of nitrogens with zero attached hydrogens (tertiary/aromatic N) is 2. The lowest BCUT2D eigenvalue weighted by Gasteiger charge is -2.26. The van der Waals surface area contributed by atoms with Gasteiger partial charge < -0.3 is 10.4 Å². The van der Waals surface area contributed by atoms with Gasteiger partial charge in [-0.3, -0.25) is 9.86 Å². The van der Waals surface area contributed by atoms with Gasteiger partial charge >= 0.3 is 6.03 Å². The molecule has 0 spiro atoms. The van der Waals surface area contributed by atoms with E-state index in [0.29, 0.717) is 16.8 Å². The largest absolute Gasteiger partial charge is 0.386 e. The Morgan fingerprint density at radius 1 is 1.00 bits per heavy atom. The van der Waals surface area contributed by atoms with Crippen LogP contribution in [0, 0.1) is 22.7 Å². The van der Waals surface area contributed by atoms with E-state index in [0.717, 1.165) is 11.1 Å². The third kappa shape index (κ3) is 6.17. The predicted octanol–water partition coefficient (Wildman–Crippen LogP) is 3.89. The maximum absolute atomic E-state index is 13.3. The number of thiol groups is 1. The summed E-state index contributed by atoms with van der Waals surface area (Å²) in [4.78, 5) is 12.9. The highest BCUT2D eigenvalue weighted by atomic mass is 32.3. The first-order valence-corrected chi connectivity index (χ1v) is 12.3. The molecule has 2 rings (SSSR count). The van der Waals surface area contributed by atoms with E-state index in [4.69, 9.17) is 5.14 Å². The number of nitrogens with one attached hydrogen (secondary N) is 2. The fraction of sp³-hybridized carbons (Fsp3) is 0.375. The summed E-state index contributed by atoms with van der Waals surface area (Å²) in [5.74, 6) is 0.0230. The number of carbonyl (C=O) groups excluding carboxylic acids is 1. The van der Waals surface area contributed by atoms with Crippen molar-refractivity contribution in [2.75, 3.05) is 5.32 Å². The maximum Gasteiger partial charge on any atom is 0.330 e. The Labute approximate surface area is 196 Å². The molecule has 2 amide bonds. The number of hydrogen-bond donors (Lipinski definition) is 5. The van der Waals surface area contributed by atoms with Gasteiger partial charge in [-0.2, -0.15) is 10.5 Å². The number of carbonyl (C=O) groups is 1. The van der Waals surface area contributed by atoms with E-state index >= 15 is 0 Å². The van der Waals surface area contributed by atoms with Crippen LogP contribution in [0.15, 0.2) is 35.2 Å². The second kappa shape index (κ2) is 9.72. The van der Waals surface area contributed by atoms with E-state index in [1.54, 1.807) is 12.1 Å². The highest BCUT2D eigenvalue weighted by Crippen LogP contribution is 2.34. The zero-order chi connectivity index (χ0) is 25.1. The smallest absolute Gasteiger partial charge is 0.330 e. The number of anilines is 1. The average molecular weight is 470 g/mol. The second-order valence-corrected chi connectivity index (χ2v) is 11.2. The third-order valence-corrected chi connectivity index (χ3v) is 6.78. The minimum atomic E-state index is -3.94. The number of urea groups is 1. The van der Waals surface area contributed by atoms with Gasteiger partial charge in [0.25, 0.3) is 0 Å². The minimum absolute atomic E-state index is 0.0115. The van der Waals surface area contributed by atoms with Crippen molar-refractivity contribution in [3.8, 4) is 12.1 Å². The molecule has 0 bridgehead atoms. The van der Waals surface area contributed by atoms with Gasteiger partial charge in [0, 0.05) is 20.9 Å². The number of aliphatic hydroxyl groups is 1. The summed E-state index contributed by atoms with van der Waals surface area (Å²) in [5.41, 5.74) is 1.79. The second-order valence-electron chi connectivity index (χ2n) is 9.11. The number of nitrogens with two attached hydrogens (primary N) is 1. The molecule has 2 aromatic carbocycles. The van der Waals surface area contributed by atoms with Crippen LogP contribution in [-0.2, 0) is 15.9 Å². The fourth-order valence-electron chi connectivity index (χ4n) is 3.38. The SMILES string of the molecule is CC(C)c1cc(C#N)cc(C(C)C)c1NC(=O)N[SH](N)(=O)c1cc(C#N)cc(C(C)(C)O)c1. The fourth-order valence-corrected chi connectivity index (χ4v) is 4.53. The van der Waals surface area contributed by atoms with Crippen LogP contribution < -0.4 is 15.2 Å². The molecule has 0 unspecified atom stereocenters. The molecule has 0 saturated heterocycles. The summed E-state index contributed by atoms with van der Waals surface area (Å²) < 4.78 is 15.6. The molecule has 5 N–H and O–H groups in total. The predicted molar refractivity (Wildman–Crippen MR) is 130 cm³/mol. The van der Waals surface area contributed by atoms with Crippen LogP contribution in [0.25, 0.3) is 0 Å². The lowest BCUT2D eigenvalue weighted by Crippen LogP contribution is -2.45. The topological polar surface area (TPSA) is 152 Å². The highest BCUT2D eigenvalue weighted by Gasteiger charge is 2.24. The van der Waals surface area contributed by atoms with Crippen LogP contribution >= 0.6 is 0 Å². The van der Waals surface area contributed by atoms with Crippen molar-refractivity contribution in [2.45, 2.75) is 63.9 Å². The Bertz CT molecular complexity index is 1170.